The molecule has 3 atom stereocenters. The van der Waals surface area contributed by atoms with Crippen molar-refractivity contribution in [3.63, 3.8) is 0 Å². The summed E-state index contributed by atoms with van der Waals surface area (Å²) in [5, 5.41) is 10.8. The Morgan fingerprint density at radius 3 is 1.22 bits per heavy atom. The summed E-state index contributed by atoms with van der Waals surface area (Å²) in [5.74, 6) is -2.33. The third-order valence-electron chi connectivity index (χ3n) is 14.6. The van der Waals surface area contributed by atoms with Crippen LogP contribution in [-0.2, 0) is 70.3 Å². The largest absolute Gasteiger partial charge is 0.416 e. The molecule has 2 saturated carbocycles. The lowest BCUT2D eigenvalue weighted by Crippen LogP contribution is -2.52. The topological polar surface area (TPSA) is 86.6 Å². The third-order valence-corrected chi connectivity index (χ3v) is 14.6. The van der Waals surface area contributed by atoms with Crippen LogP contribution in [0.15, 0.2) is 60.9 Å². The van der Waals surface area contributed by atoms with Gasteiger partial charge >= 0.3 is 49.4 Å². The smallest absolute Gasteiger partial charge is 0.372 e. The van der Waals surface area contributed by atoms with E-state index in [9.17, 15) is 120 Å². The van der Waals surface area contributed by atoms with Gasteiger partial charge in [-0.2, -0.15) is 105 Å². The molecule has 2 aliphatic carbocycles. The van der Waals surface area contributed by atoms with Gasteiger partial charge in [0.05, 0.1) is 33.4 Å². The minimum absolute atomic E-state index is 0.0131. The summed E-state index contributed by atoms with van der Waals surface area (Å²) >= 11 is 0. The molecule has 2 aromatic heterocycles. The predicted octanol–water partition coefficient (Wildman–Crippen LogP) is 14.8. The Hall–Kier alpha value is -6.04. The van der Waals surface area contributed by atoms with Crippen molar-refractivity contribution in [2.24, 2.45) is 11.8 Å². The maximum Gasteiger partial charge on any atom is 0.416 e. The average molecular weight is 1200 g/mol. The number of pyridine rings is 2. The van der Waals surface area contributed by atoms with E-state index in [1.165, 1.54) is 0 Å². The van der Waals surface area contributed by atoms with Gasteiger partial charge in [0.1, 0.15) is 40.3 Å². The molecule has 0 radical (unpaired) electrons. The second-order valence-corrected chi connectivity index (χ2v) is 20.0. The van der Waals surface area contributed by atoms with Crippen LogP contribution in [-0.4, -0.2) is 64.9 Å². The molecule has 0 bridgehead atoms. The lowest BCUT2D eigenvalue weighted by atomic mass is 9.76. The van der Waals surface area contributed by atoms with Crippen molar-refractivity contribution in [1.29, 1.82) is 0 Å². The summed E-state index contributed by atoms with van der Waals surface area (Å²) in [6.45, 7) is -2.83. The minimum atomic E-state index is -5.65. The van der Waals surface area contributed by atoms with Crippen LogP contribution < -0.4 is 9.80 Å². The van der Waals surface area contributed by atoms with Crippen LogP contribution in [0.2, 0.25) is 0 Å². The monoisotopic (exact) mass is 1200 g/mol. The Kier molecular flexibility index (Phi) is 16.4. The van der Waals surface area contributed by atoms with Crippen molar-refractivity contribution in [1.82, 2.24) is 9.97 Å². The van der Waals surface area contributed by atoms with E-state index in [-0.39, 0.29) is 91.0 Å². The summed E-state index contributed by atoms with van der Waals surface area (Å²) < 4.78 is 330. The van der Waals surface area contributed by atoms with Gasteiger partial charge in [0.2, 0.25) is 0 Å². The fraction of sp³-hybridized carbons (Fsp3) is 0.520. The van der Waals surface area contributed by atoms with E-state index in [0.29, 0.717) is 48.9 Å². The molecule has 4 aliphatic rings. The standard InChI is InChI=1S/C25H20F12N2O2.C25H20F12N2O/c26-22(27,28)15-7-14(8-16(9-15)23(29,30)31)21(25(35,36)37)5-6-39(20(21)41)19-10-17(24(32,33)34)13(11-38-19)3-4-18(40)12-1-2-12;26-22(27,28)16-7-15(8-17(9-16)23(29,30)31)21(25(35,36)37)5-6-39(12-21)20-10-18(24(32,33)34)14(11-38-20)3-4-19(40)13-1-2-13/h7-12,20,41H,1-6H2;7-11,13H,1-6,12H2. The Balaban J connectivity index is 0.000000234. The molecule has 2 aliphatic heterocycles. The minimum Gasteiger partial charge on any atom is -0.372 e. The number of benzene rings is 2. The molecule has 8 rings (SSSR count). The van der Waals surface area contributed by atoms with Crippen LogP contribution in [0.1, 0.15) is 107 Å². The number of aliphatic hydroxyl groups excluding tert-OH is 1. The van der Waals surface area contributed by atoms with Crippen LogP contribution in [0.3, 0.4) is 0 Å². The molecule has 446 valence electrons. The average Bonchev–Trinajstić information content (AvgIpc) is 4.42. The molecule has 0 amide bonds. The van der Waals surface area contributed by atoms with E-state index in [1.54, 1.807) is 0 Å². The molecular formula is C50H40F24N4O3. The van der Waals surface area contributed by atoms with Crippen molar-refractivity contribution in [3.05, 3.63) is 117 Å². The molecule has 2 aromatic carbocycles. The highest BCUT2D eigenvalue weighted by atomic mass is 19.4. The molecule has 31 heteroatoms. The number of alkyl halides is 24. The Labute approximate surface area is 441 Å². The van der Waals surface area contributed by atoms with E-state index < -0.39 is 161 Å². The van der Waals surface area contributed by atoms with E-state index >= 15 is 0 Å². The van der Waals surface area contributed by atoms with Gasteiger partial charge < -0.3 is 14.9 Å². The fourth-order valence-electron chi connectivity index (χ4n) is 9.82. The number of hydrogen-bond donors (Lipinski definition) is 1. The van der Waals surface area contributed by atoms with Crippen molar-refractivity contribution in [2.75, 3.05) is 29.4 Å². The van der Waals surface area contributed by atoms with E-state index in [1.807, 2.05) is 0 Å². The number of rotatable bonds is 12. The zero-order valence-corrected chi connectivity index (χ0v) is 40.8. The molecule has 4 fully saturated rings. The number of anilines is 2. The number of carbonyl (C=O) groups excluding carboxylic acids is 2. The number of aliphatic hydroxyl groups is 1. The van der Waals surface area contributed by atoms with Crippen molar-refractivity contribution in [2.45, 2.75) is 131 Å². The molecule has 2 saturated heterocycles. The van der Waals surface area contributed by atoms with E-state index in [0.717, 1.165) is 11.1 Å². The molecular weight excluding hydrogens is 1160 g/mol. The number of carbonyl (C=O) groups is 2. The molecule has 4 aromatic rings. The predicted molar refractivity (Wildman–Crippen MR) is 234 cm³/mol. The number of aromatic nitrogens is 2. The number of aryl methyl sites for hydroxylation is 2. The lowest BCUT2D eigenvalue weighted by Gasteiger charge is -2.37. The zero-order chi connectivity index (χ0) is 60.6. The summed E-state index contributed by atoms with van der Waals surface area (Å²) in [6, 6.07) is -0.215. The highest BCUT2D eigenvalue weighted by Gasteiger charge is 2.66. The molecule has 7 nitrogen and oxygen atoms in total. The second kappa shape index (κ2) is 21.3. The molecule has 1 N–H and O–H groups in total. The summed E-state index contributed by atoms with van der Waals surface area (Å²) in [4.78, 5) is 32.5. The van der Waals surface area contributed by atoms with Gasteiger partial charge in [-0.1, -0.05) is 0 Å². The summed E-state index contributed by atoms with van der Waals surface area (Å²) in [6.07, 6.45) is -45.3. The van der Waals surface area contributed by atoms with Crippen LogP contribution in [0.5, 0.6) is 0 Å². The molecule has 81 heavy (non-hydrogen) atoms. The first kappa shape index (κ1) is 62.6. The van der Waals surface area contributed by atoms with Gasteiger partial charge in [-0.25, -0.2) is 9.97 Å². The number of ketones is 2. The van der Waals surface area contributed by atoms with Crippen molar-refractivity contribution in [3.8, 4) is 0 Å². The van der Waals surface area contributed by atoms with Gasteiger partial charge in [-0.15, -0.1) is 0 Å². The van der Waals surface area contributed by atoms with Crippen LogP contribution in [0.4, 0.5) is 117 Å². The maximum absolute atomic E-state index is 14.5. The first-order valence-electron chi connectivity index (χ1n) is 24.0. The SMILES string of the molecule is O=C(CCc1cnc(N2CCC(c3cc(C(F)(F)F)cc(C(F)(F)F)c3)(C(F)(F)F)C2)cc1C(F)(F)F)C1CC1.O=C(CCc1cnc(N2CCC(c3cc(C(F)(F)F)cc(C(F)(F)F)c3)(C(F)(F)F)C2O)cc1C(F)(F)F)C1CC1. The van der Waals surface area contributed by atoms with Gasteiger partial charge in [0.15, 0.2) is 0 Å². The second-order valence-electron chi connectivity index (χ2n) is 20.0. The first-order valence-corrected chi connectivity index (χ1v) is 24.0. The van der Waals surface area contributed by atoms with Crippen LogP contribution in [0.25, 0.3) is 0 Å². The highest BCUT2D eigenvalue weighted by molar-refractivity contribution is 5.83. The Morgan fingerprint density at radius 1 is 0.481 bits per heavy atom. The number of hydrogen-bond acceptors (Lipinski definition) is 7. The third kappa shape index (κ3) is 13.4. The summed E-state index contributed by atoms with van der Waals surface area (Å²) in [7, 11) is 0. The zero-order valence-electron chi connectivity index (χ0n) is 40.8. The Morgan fingerprint density at radius 2 is 0.864 bits per heavy atom. The highest BCUT2D eigenvalue weighted by Crippen LogP contribution is 2.55. The normalized spacial score (nSPS) is 21.6. The number of nitrogens with zero attached hydrogens (tertiary/aromatic N) is 4. The van der Waals surface area contributed by atoms with Gasteiger partial charge in [-0.3, -0.25) is 9.59 Å². The number of Topliss-reactive ketones (excluding diaryl/α,β-unsaturated/α-hetero) is 2. The maximum atomic E-state index is 14.5. The lowest BCUT2D eigenvalue weighted by molar-refractivity contribution is -0.211. The van der Waals surface area contributed by atoms with Crippen molar-refractivity contribution >= 4 is 23.2 Å². The molecule has 0 spiro atoms. The molecule has 4 heterocycles. The fourth-order valence-corrected chi connectivity index (χ4v) is 9.82. The van der Waals surface area contributed by atoms with Gasteiger partial charge in [0, 0.05) is 56.7 Å². The van der Waals surface area contributed by atoms with E-state index in [2.05, 4.69) is 9.97 Å². The summed E-state index contributed by atoms with van der Waals surface area (Å²) in [5.41, 5.74) is -21.3. The van der Waals surface area contributed by atoms with E-state index in [4.69, 9.17) is 0 Å². The quantitative estimate of drug-likeness (QED) is 0.141. The van der Waals surface area contributed by atoms with Crippen LogP contribution in [0, 0.1) is 11.8 Å². The van der Waals surface area contributed by atoms with Crippen LogP contribution >= 0.6 is 0 Å². The van der Waals surface area contributed by atoms with Crippen molar-refractivity contribution < 1.29 is 120 Å². The first-order chi connectivity index (χ1) is 36.9. The Bertz CT molecular complexity index is 2920. The number of halogens is 24. The van der Waals surface area contributed by atoms with Gasteiger partial charge in [-0.05, 0) is 122 Å². The van der Waals surface area contributed by atoms with Gasteiger partial charge in [0.25, 0.3) is 0 Å². The molecule has 3 unspecified atom stereocenters.